The quantitative estimate of drug-likeness (QED) is 0.706. The Morgan fingerprint density at radius 1 is 1.69 bits per heavy atom. The second-order valence-electron chi connectivity index (χ2n) is 3.42. The van der Waals surface area contributed by atoms with Crippen molar-refractivity contribution in [1.82, 2.24) is 0 Å². The molecule has 0 aromatic carbocycles. The monoisotopic (exact) mass is 216 g/mol. The number of halogens is 1. The van der Waals surface area contributed by atoms with Gasteiger partial charge in [-0.1, -0.05) is 6.07 Å². The fourth-order valence-electron chi connectivity index (χ4n) is 1.63. The summed E-state index contributed by atoms with van der Waals surface area (Å²) >= 11 is 8.09. The summed E-state index contributed by atoms with van der Waals surface area (Å²) in [6.07, 6.45) is 2.12. The summed E-state index contributed by atoms with van der Waals surface area (Å²) < 4.78 is 5.32. The molecule has 1 aliphatic rings. The van der Waals surface area contributed by atoms with Crippen LogP contribution >= 0.6 is 22.9 Å². The first-order valence-corrected chi connectivity index (χ1v) is 5.92. The fraction of sp³-hybridized carbons (Fsp3) is 0.600. The molecule has 1 fully saturated rings. The van der Waals surface area contributed by atoms with Crippen LogP contribution in [0.1, 0.15) is 11.3 Å². The highest BCUT2D eigenvalue weighted by atomic mass is 35.5. The smallest absolute Gasteiger partial charge is 0.0509 e. The number of rotatable bonds is 3. The molecule has 2 unspecified atom stereocenters. The van der Waals surface area contributed by atoms with Crippen molar-refractivity contribution in [3.63, 3.8) is 0 Å². The molecule has 3 heteroatoms. The summed E-state index contributed by atoms with van der Waals surface area (Å²) in [5, 5.41) is 2.35. The minimum Gasteiger partial charge on any atom is -0.381 e. The van der Waals surface area contributed by atoms with Crippen molar-refractivity contribution in [2.75, 3.05) is 13.2 Å². The van der Waals surface area contributed by atoms with Crippen molar-refractivity contribution in [2.45, 2.75) is 18.2 Å². The Hall–Kier alpha value is -0.0500. The van der Waals surface area contributed by atoms with Crippen LogP contribution in [0.3, 0.4) is 0 Å². The molecule has 0 N–H and O–H groups in total. The summed E-state index contributed by atoms with van der Waals surface area (Å²) in [7, 11) is 0. The van der Waals surface area contributed by atoms with Gasteiger partial charge in [0.25, 0.3) is 0 Å². The van der Waals surface area contributed by atoms with Gasteiger partial charge in [-0.05, 0) is 24.3 Å². The lowest BCUT2D eigenvalue weighted by atomic mass is 10.0. The lowest BCUT2D eigenvalue weighted by Crippen LogP contribution is -2.16. The molecule has 2 heterocycles. The number of thiophene rings is 1. The molecule has 2 rings (SSSR count). The van der Waals surface area contributed by atoms with Crippen LogP contribution in [0, 0.1) is 5.92 Å². The molecule has 0 spiro atoms. The zero-order valence-corrected chi connectivity index (χ0v) is 8.98. The molecule has 1 saturated heterocycles. The highest BCUT2D eigenvalue weighted by Gasteiger charge is 2.24. The Morgan fingerprint density at radius 2 is 2.62 bits per heavy atom. The molecule has 1 aliphatic heterocycles. The largest absolute Gasteiger partial charge is 0.381 e. The van der Waals surface area contributed by atoms with Gasteiger partial charge in [0.05, 0.1) is 6.61 Å². The van der Waals surface area contributed by atoms with Crippen LogP contribution in [0.25, 0.3) is 0 Å². The predicted molar refractivity (Wildman–Crippen MR) is 56.6 cm³/mol. The van der Waals surface area contributed by atoms with Crippen molar-refractivity contribution in [3.05, 3.63) is 22.4 Å². The van der Waals surface area contributed by atoms with Gasteiger partial charge in [-0.15, -0.1) is 22.9 Å². The normalized spacial score (nSPS) is 24.8. The Balaban J connectivity index is 1.87. The zero-order valence-electron chi connectivity index (χ0n) is 7.41. The number of hydrogen-bond donors (Lipinski definition) is 0. The van der Waals surface area contributed by atoms with E-state index in [9.17, 15) is 0 Å². The van der Waals surface area contributed by atoms with Gasteiger partial charge >= 0.3 is 0 Å². The Labute approximate surface area is 87.7 Å². The second kappa shape index (κ2) is 4.45. The average molecular weight is 217 g/mol. The Kier molecular flexibility index (Phi) is 3.25. The van der Waals surface area contributed by atoms with E-state index in [-0.39, 0.29) is 5.38 Å². The van der Waals surface area contributed by atoms with Gasteiger partial charge in [-0.25, -0.2) is 0 Å². The van der Waals surface area contributed by atoms with E-state index in [1.54, 1.807) is 11.3 Å². The van der Waals surface area contributed by atoms with Gasteiger partial charge in [0.2, 0.25) is 0 Å². The molecule has 72 valence electrons. The van der Waals surface area contributed by atoms with Crippen molar-refractivity contribution >= 4 is 22.9 Å². The van der Waals surface area contributed by atoms with E-state index in [0.717, 1.165) is 26.1 Å². The maximum atomic E-state index is 6.31. The topological polar surface area (TPSA) is 9.23 Å². The molecular weight excluding hydrogens is 204 g/mol. The maximum Gasteiger partial charge on any atom is 0.0509 e. The van der Waals surface area contributed by atoms with Crippen molar-refractivity contribution in [2.24, 2.45) is 5.92 Å². The van der Waals surface area contributed by atoms with Crippen LogP contribution < -0.4 is 0 Å². The molecule has 0 amide bonds. The van der Waals surface area contributed by atoms with E-state index in [1.165, 1.54) is 4.88 Å². The highest BCUT2D eigenvalue weighted by Crippen LogP contribution is 2.25. The minimum atomic E-state index is 0.251. The standard InChI is InChI=1S/C10H13ClOS/c11-10(8-3-4-12-7-8)6-9-2-1-5-13-9/h1-2,5,8,10H,3-4,6-7H2. The van der Waals surface area contributed by atoms with Crippen LogP contribution in [-0.2, 0) is 11.2 Å². The average Bonchev–Trinajstić information content (AvgIpc) is 2.74. The van der Waals surface area contributed by atoms with Gasteiger partial charge in [0.1, 0.15) is 0 Å². The molecule has 1 nitrogen and oxygen atoms in total. The van der Waals surface area contributed by atoms with Gasteiger partial charge in [0, 0.05) is 22.8 Å². The third-order valence-corrected chi connectivity index (χ3v) is 3.86. The summed E-state index contributed by atoms with van der Waals surface area (Å²) in [6.45, 7) is 1.73. The molecule has 0 saturated carbocycles. The number of alkyl halides is 1. The first kappa shape index (κ1) is 9.50. The summed E-state index contributed by atoms with van der Waals surface area (Å²) in [6, 6.07) is 4.23. The third kappa shape index (κ3) is 2.46. The van der Waals surface area contributed by atoms with Crippen LogP contribution in [0.15, 0.2) is 17.5 Å². The zero-order chi connectivity index (χ0) is 9.10. The first-order chi connectivity index (χ1) is 6.36. The molecule has 13 heavy (non-hydrogen) atoms. The molecule has 0 radical (unpaired) electrons. The Morgan fingerprint density at radius 3 is 3.23 bits per heavy atom. The van der Waals surface area contributed by atoms with Gasteiger partial charge < -0.3 is 4.74 Å². The minimum absolute atomic E-state index is 0.251. The van der Waals surface area contributed by atoms with E-state index >= 15 is 0 Å². The molecule has 1 aromatic rings. The molecule has 1 aromatic heterocycles. The second-order valence-corrected chi connectivity index (χ2v) is 5.02. The van der Waals surface area contributed by atoms with Gasteiger partial charge in [-0.3, -0.25) is 0 Å². The van der Waals surface area contributed by atoms with Crippen molar-refractivity contribution in [3.8, 4) is 0 Å². The van der Waals surface area contributed by atoms with Gasteiger partial charge in [-0.2, -0.15) is 0 Å². The van der Waals surface area contributed by atoms with Crippen LogP contribution in [0.5, 0.6) is 0 Å². The predicted octanol–water partition coefficient (Wildman–Crippen LogP) is 2.93. The third-order valence-electron chi connectivity index (χ3n) is 2.45. The first-order valence-electron chi connectivity index (χ1n) is 4.60. The van der Waals surface area contributed by atoms with Crippen molar-refractivity contribution in [1.29, 1.82) is 0 Å². The summed E-state index contributed by atoms with van der Waals surface area (Å²) in [5.41, 5.74) is 0. The fourth-order valence-corrected chi connectivity index (χ4v) is 2.85. The maximum absolute atomic E-state index is 6.31. The van der Waals surface area contributed by atoms with E-state index in [4.69, 9.17) is 16.3 Å². The Bertz CT molecular complexity index is 241. The van der Waals surface area contributed by atoms with E-state index in [1.807, 2.05) is 0 Å². The van der Waals surface area contributed by atoms with Crippen LogP contribution in [0.2, 0.25) is 0 Å². The molecule has 0 bridgehead atoms. The summed E-state index contributed by atoms with van der Waals surface area (Å²) in [5.74, 6) is 0.559. The molecular formula is C10H13ClOS. The summed E-state index contributed by atoms with van der Waals surface area (Å²) in [4.78, 5) is 1.38. The number of hydrogen-bond acceptors (Lipinski definition) is 2. The molecule has 0 aliphatic carbocycles. The van der Waals surface area contributed by atoms with Crippen molar-refractivity contribution < 1.29 is 4.74 Å². The van der Waals surface area contributed by atoms with Crippen LogP contribution in [-0.4, -0.2) is 18.6 Å². The highest BCUT2D eigenvalue weighted by molar-refractivity contribution is 7.09. The van der Waals surface area contributed by atoms with E-state index in [0.29, 0.717) is 5.92 Å². The lowest BCUT2D eigenvalue weighted by Gasteiger charge is -2.13. The number of ether oxygens (including phenoxy) is 1. The van der Waals surface area contributed by atoms with E-state index in [2.05, 4.69) is 17.5 Å². The molecule has 2 atom stereocenters. The SMILES string of the molecule is ClC(Cc1cccs1)C1CCOC1. The lowest BCUT2D eigenvalue weighted by molar-refractivity contribution is 0.185. The van der Waals surface area contributed by atoms with Crippen LogP contribution in [0.4, 0.5) is 0 Å². The van der Waals surface area contributed by atoms with E-state index < -0.39 is 0 Å². The van der Waals surface area contributed by atoms with Gasteiger partial charge in [0.15, 0.2) is 0 Å².